The van der Waals surface area contributed by atoms with E-state index in [9.17, 15) is 14.4 Å². The molecule has 0 aliphatic rings. The molecule has 0 atom stereocenters. The molecule has 8 heteroatoms. The number of nitrogens with zero attached hydrogens (tertiary/aromatic N) is 1. The number of hydrogen-bond donors (Lipinski definition) is 4. The predicted molar refractivity (Wildman–Crippen MR) is 82.4 cm³/mol. The van der Waals surface area contributed by atoms with E-state index in [1.54, 1.807) is 20.9 Å². The number of carbonyl (C=O) groups is 1. The molecule has 118 valence electrons. The number of aromatic nitrogens is 2. The number of nitrogen functional groups attached to an aromatic ring is 1. The lowest BCUT2D eigenvalue weighted by Gasteiger charge is -2.24. The van der Waals surface area contributed by atoms with Gasteiger partial charge >= 0.3 is 5.69 Å². The fraction of sp³-hybridized carbons (Fsp3) is 0.615. The third kappa shape index (κ3) is 3.65. The Bertz CT molecular complexity index is 630. The van der Waals surface area contributed by atoms with E-state index < -0.39 is 16.7 Å². The summed E-state index contributed by atoms with van der Waals surface area (Å²) >= 11 is 0. The first-order chi connectivity index (χ1) is 9.74. The number of anilines is 2. The Kier molecular flexibility index (Phi) is 5.17. The first kappa shape index (κ1) is 16.8. The molecule has 1 rings (SSSR count). The molecule has 0 fully saturated rings. The van der Waals surface area contributed by atoms with Gasteiger partial charge in [-0.25, -0.2) is 4.79 Å². The number of amides is 1. The third-order valence-corrected chi connectivity index (χ3v) is 3.24. The van der Waals surface area contributed by atoms with Crippen molar-refractivity contribution in [3.8, 4) is 0 Å². The summed E-state index contributed by atoms with van der Waals surface area (Å²) in [4.78, 5) is 37.5. The Morgan fingerprint density at radius 3 is 2.52 bits per heavy atom. The van der Waals surface area contributed by atoms with Crippen molar-refractivity contribution in [2.45, 2.75) is 33.7 Å². The van der Waals surface area contributed by atoms with Crippen LogP contribution in [0.5, 0.6) is 0 Å². The van der Waals surface area contributed by atoms with Crippen LogP contribution in [0.25, 0.3) is 0 Å². The van der Waals surface area contributed by atoms with Gasteiger partial charge in [0.2, 0.25) is 5.91 Å². The Morgan fingerprint density at radius 1 is 1.38 bits per heavy atom. The summed E-state index contributed by atoms with van der Waals surface area (Å²) in [6.45, 7) is 6.01. The molecule has 0 bridgehead atoms. The fourth-order valence-electron chi connectivity index (χ4n) is 1.93. The van der Waals surface area contributed by atoms with Crippen LogP contribution in [0.3, 0.4) is 0 Å². The maximum atomic E-state index is 11.9. The topological polar surface area (TPSA) is 122 Å². The summed E-state index contributed by atoms with van der Waals surface area (Å²) in [7, 11) is 1.55. The van der Waals surface area contributed by atoms with E-state index in [2.05, 4.69) is 15.6 Å². The summed E-state index contributed by atoms with van der Waals surface area (Å²) in [5, 5.41) is 5.43. The summed E-state index contributed by atoms with van der Waals surface area (Å²) in [6.07, 6.45) is 0.708. The van der Waals surface area contributed by atoms with Crippen molar-refractivity contribution in [3.63, 3.8) is 0 Å². The highest BCUT2D eigenvalue weighted by atomic mass is 16.2. The molecule has 0 unspecified atom stereocenters. The van der Waals surface area contributed by atoms with Crippen LogP contribution in [0.4, 0.5) is 11.5 Å². The minimum Gasteiger partial charge on any atom is -0.383 e. The zero-order valence-electron chi connectivity index (χ0n) is 12.9. The van der Waals surface area contributed by atoms with Gasteiger partial charge in [0.1, 0.15) is 11.5 Å². The van der Waals surface area contributed by atoms with Gasteiger partial charge in [0, 0.05) is 20.1 Å². The average molecular weight is 297 g/mol. The summed E-state index contributed by atoms with van der Waals surface area (Å²) in [5.74, 6) is -0.0785. The predicted octanol–water partition coefficient (Wildman–Crippen LogP) is -0.287. The second-order valence-electron chi connectivity index (χ2n) is 5.49. The monoisotopic (exact) mass is 297 g/mol. The summed E-state index contributed by atoms with van der Waals surface area (Å²) in [6, 6.07) is 0. The molecular formula is C13H23N5O3. The van der Waals surface area contributed by atoms with Crippen LogP contribution < -0.4 is 27.6 Å². The van der Waals surface area contributed by atoms with Crippen LogP contribution in [-0.4, -0.2) is 29.1 Å². The van der Waals surface area contributed by atoms with Gasteiger partial charge in [-0.2, -0.15) is 0 Å². The van der Waals surface area contributed by atoms with Crippen molar-refractivity contribution >= 4 is 17.4 Å². The minimum atomic E-state index is -0.723. The van der Waals surface area contributed by atoms with E-state index in [0.717, 1.165) is 0 Å². The van der Waals surface area contributed by atoms with Gasteiger partial charge in [0.05, 0.1) is 5.41 Å². The molecule has 0 aliphatic heterocycles. The number of hydrogen-bond acceptors (Lipinski definition) is 5. The minimum absolute atomic E-state index is 0.0818. The largest absolute Gasteiger partial charge is 0.383 e. The van der Waals surface area contributed by atoms with Crippen molar-refractivity contribution < 1.29 is 4.79 Å². The van der Waals surface area contributed by atoms with Gasteiger partial charge in [-0.1, -0.05) is 6.92 Å². The maximum Gasteiger partial charge on any atom is 0.330 e. The number of aromatic amines is 1. The van der Waals surface area contributed by atoms with Crippen LogP contribution in [-0.2, 0) is 11.3 Å². The van der Waals surface area contributed by atoms with E-state index in [4.69, 9.17) is 5.73 Å². The normalized spacial score (nSPS) is 11.2. The highest BCUT2D eigenvalue weighted by molar-refractivity contribution is 5.82. The van der Waals surface area contributed by atoms with Crippen LogP contribution in [0.1, 0.15) is 27.2 Å². The van der Waals surface area contributed by atoms with Crippen LogP contribution in [0, 0.1) is 5.41 Å². The highest BCUT2D eigenvalue weighted by Gasteiger charge is 2.27. The molecule has 1 amide bonds. The van der Waals surface area contributed by atoms with E-state index in [1.165, 1.54) is 4.57 Å². The van der Waals surface area contributed by atoms with Gasteiger partial charge in [-0.3, -0.25) is 19.1 Å². The molecule has 0 saturated carbocycles. The summed E-state index contributed by atoms with van der Waals surface area (Å²) in [5.41, 5.74) is 4.16. The van der Waals surface area contributed by atoms with Gasteiger partial charge < -0.3 is 16.4 Å². The quantitative estimate of drug-likeness (QED) is 0.575. The standard InChI is InChI=1S/C13H23N5O3/c1-5-6-18-9(14)8(10(19)17-12(18)21)16-7-13(2,3)11(20)15-4/h16H,5-7,14H2,1-4H3,(H,15,20)(H,17,19,21). The zero-order chi connectivity index (χ0) is 16.2. The van der Waals surface area contributed by atoms with Crippen molar-refractivity contribution in [1.82, 2.24) is 14.9 Å². The first-order valence-electron chi connectivity index (χ1n) is 6.83. The fourth-order valence-corrected chi connectivity index (χ4v) is 1.93. The van der Waals surface area contributed by atoms with Crippen molar-refractivity contribution in [2.24, 2.45) is 5.41 Å². The van der Waals surface area contributed by atoms with Crippen molar-refractivity contribution in [3.05, 3.63) is 20.8 Å². The highest BCUT2D eigenvalue weighted by Crippen LogP contribution is 2.18. The van der Waals surface area contributed by atoms with Crippen LogP contribution in [0.15, 0.2) is 9.59 Å². The second-order valence-corrected chi connectivity index (χ2v) is 5.49. The second kappa shape index (κ2) is 6.47. The van der Waals surface area contributed by atoms with E-state index in [-0.39, 0.29) is 24.0 Å². The van der Waals surface area contributed by atoms with Gasteiger partial charge in [0.15, 0.2) is 0 Å². The number of nitrogens with one attached hydrogen (secondary N) is 3. The molecular weight excluding hydrogens is 274 g/mol. The summed E-state index contributed by atoms with van der Waals surface area (Å²) < 4.78 is 1.30. The third-order valence-electron chi connectivity index (χ3n) is 3.24. The molecule has 0 spiro atoms. The molecule has 0 saturated heterocycles. The van der Waals surface area contributed by atoms with Gasteiger partial charge in [0.25, 0.3) is 5.56 Å². The van der Waals surface area contributed by atoms with E-state index in [1.807, 2.05) is 6.92 Å². The van der Waals surface area contributed by atoms with Crippen LogP contribution in [0.2, 0.25) is 0 Å². The Morgan fingerprint density at radius 2 is 2.00 bits per heavy atom. The van der Waals surface area contributed by atoms with Crippen molar-refractivity contribution in [1.29, 1.82) is 0 Å². The zero-order valence-corrected chi connectivity index (χ0v) is 12.9. The molecule has 1 aromatic rings. The van der Waals surface area contributed by atoms with Gasteiger partial charge in [-0.05, 0) is 20.3 Å². The molecule has 1 heterocycles. The lowest BCUT2D eigenvalue weighted by Crippen LogP contribution is -2.41. The Balaban J connectivity index is 3.10. The van der Waals surface area contributed by atoms with E-state index in [0.29, 0.717) is 13.0 Å². The first-order valence-corrected chi connectivity index (χ1v) is 6.83. The van der Waals surface area contributed by atoms with Crippen LogP contribution >= 0.6 is 0 Å². The molecule has 0 radical (unpaired) electrons. The molecule has 0 aromatic carbocycles. The molecule has 5 N–H and O–H groups in total. The van der Waals surface area contributed by atoms with E-state index >= 15 is 0 Å². The molecule has 0 aliphatic carbocycles. The molecule has 8 nitrogen and oxygen atoms in total. The Labute approximate surface area is 122 Å². The molecule has 21 heavy (non-hydrogen) atoms. The average Bonchev–Trinajstić information content (AvgIpc) is 2.41. The van der Waals surface area contributed by atoms with Crippen molar-refractivity contribution in [2.75, 3.05) is 24.6 Å². The number of nitrogens with two attached hydrogens (primary N) is 1. The number of H-pyrrole nitrogens is 1. The number of carbonyl (C=O) groups excluding carboxylic acids is 1. The number of rotatable bonds is 6. The lowest BCUT2D eigenvalue weighted by molar-refractivity contribution is -0.128. The maximum absolute atomic E-state index is 11.9. The lowest BCUT2D eigenvalue weighted by atomic mass is 9.92. The SMILES string of the molecule is CCCn1c(N)c(NCC(C)(C)C(=O)NC)c(=O)[nH]c1=O. The smallest absolute Gasteiger partial charge is 0.330 e. The van der Waals surface area contributed by atoms with Gasteiger partial charge in [-0.15, -0.1) is 0 Å². The Hall–Kier alpha value is -2.25. The molecule has 1 aromatic heterocycles.